The Bertz CT molecular complexity index is 442. The summed E-state index contributed by atoms with van der Waals surface area (Å²) in [5.74, 6) is 1.72. The van der Waals surface area contributed by atoms with Crippen LogP contribution < -0.4 is 10.1 Å². The van der Waals surface area contributed by atoms with Crippen LogP contribution in [0.3, 0.4) is 0 Å². The minimum absolute atomic E-state index is 0.620. The van der Waals surface area contributed by atoms with Gasteiger partial charge in [-0.05, 0) is 23.9 Å². The molecule has 2 aromatic rings. The first-order valence-electron chi connectivity index (χ1n) is 5.73. The van der Waals surface area contributed by atoms with Crippen molar-refractivity contribution < 1.29 is 4.74 Å². The van der Waals surface area contributed by atoms with Crippen LogP contribution in [0.25, 0.3) is 0 Å². The Kier molecular flexibility index (Phi) is 4.38. The van der Waals surface area contributed by atoms with E-state index in [-0.39, 0.29) is 0 Å². The fraction of sp³-hybridized carbons (Fsp3) is 0.308. The van der Waals surface area contributed by atoms with Crippen LogP contribution in [0, 0.1) is 0 Å². The molecule has 0 atom stereocenters. The molecular weight excluding hydrogens is 232 g/mol. The summed E-state index contributed by atoms with van der Waals surface area (Å²) in [5.41, 5.74) is 0. The number of pyridine rings is 1. The molecule has 0 aliphatic carbocycles. The van der Waals surface area contributed by atoms with Gasteiger partial charge in [-0.3, -0.25) is 0 Å². The molecule has 0 unspecified atom stereocenters. The van der Waals surface area contributed by atoms with Crippen LogP contribution in [0.1, 0.15) is 18.2 Å². The molecule has 0 radical (unpaired) electrons. The SMILES string of the molecule is CCCNc1cc(OCc2cccs2)ccn1. The molecule has 0 saturated carbocycles. The zero-order valence-corrected chi connectivity index (χ0v) is 10.7. The highest BCUT2D eigenvalue weighted by Crippen LogP contribution is 2.17. The highest BCUT2D eigenvalue weighted by molar-refractivity contribution is 7.09. The molecule has 2 aromatic heterocycles. The maximum absolute atomic E-state index is 5.70. The zero-order chi connectivity index (χ0) is 11.9. The summed E-state index contributed by atoms with van der Waals surface area (Å²) in [7, 11) is 0. The standard InChI is InChI=1S/C13H16N2OS/c1-2-6-14-13-9-11(5-7-15-13)16-10-12-4-3-8-17-12/h3-5,7-9H,2,6,10H2,1H3,(H,14,15). The van der Waals surface area contributed by atoms with Gasteiger partial charge < -0.3 is 10.1 Å². The molecule has 0 amide bonds. The highest BCUT2D eigenvalue weighted by atomic mass is 32.1. The molecule has 0 spiro atoms. The lowest BCUT2D eigenvalue weighted by Gasteiger charge is -2.07. The van der Waals surface area contributed by atoms with Crippen LogP contribution in [0.4, 0.5) is 5.82 Å². The second kappa shape index (κ2) is 6.25. The molecule has 4 heteroatoms. The Hall–Kier alpha value is -1.55. The van der Waals surface area contributed by atoms with Crippen molar-refractivity contribution in [1.29, 1.82) is 0 Å². The van der Waals surface area contributed by atoms with E-state index in [2.05, 4.69) is 28.7 Å². The summed E-state index contributed by atoms with van der Waals surface area (Å²) in [6.07, 6.45) is 2.85. The first-order chi connectivity index (χ1) is 8.38. The predicted molar refractivity (Wildman–Crippen MR) is 71.7 cm³/mol. The lowest BCUT2D eigenvalue weighted by atomic mass is 10.4. The van der Waals surface area contributed by atoms with Crippen molar-refractivity contribution in [1.82, 2.24) is 4.98 Å². The number of anilines is 1. The summed E-state index contributed by atoms with van der Waals surface area (Å²) < 4.78 is 5.70. The van der Waals surface area contributed by atoms with E-state index >= 15 is 0 Å². The monoisotopic (exact) mass is 248 g/mol. The van der Waals surface area contributed by atoms with Gasteiger partial charge in [0.1, 0.15) is 18.2 Å². The van der Waals surface area contributed by atoms with E-state index in [0.717, 1.165) is 24.5 Å². The molecule has 0 aliphatic rings. The molecule has 1 N–H and O–H groups in total. The quantitative estimate of drug-likeness (QED) is 0.849. The van der Waals surface area contributed by atoms with Crippen molar-refractivity contribution in [3.05, 3.63) is 40.7 Å². The fourth-order valence-corrected chi connectivity index (χ4v) is 2.02. The lowest BCUT2D eigenvalue weighted by Crippen LogP contribution is -2.02. The molecule has 17 heavy (non-hydrogen) atoms. The number of nitrogens with zero attached hydrogens (tertiary/aromatic N) is 1. The van der Waals surface area contributed by atoms with E-state index in [1.807, 2.05) is 18.2 Å². The number of thiophene rings is 1. The van der Waals surface area contributed by atoms with Crippen molar-refractivity contribution >= 4 is 17.2 Å². The smallest absolute Gasteiger partial charge is 0.129 e. The number of aromatic nitrogens is 1. The maximum atomic E-state index is 5.70. The lowest BCUT2D eigenvalue weighted by molar-refractivity contribution is 0.309. The maximum Gasteiger partial charge on any atom is 0.129 e. The Morgan fingerprint density at radius 3 is 3.12 bits per heavy atom. The van der Waals surface area contributed by atoms with Crippen molar-refractivity contribution in [3.63, 3.8) is 0 Å². The van der Waals surface area contributed by atoms with Crippen LogP contribution in [0.15, 0.2) is 35.8 Å². The average Bonchev–Trinajstić information content (AvgIpc) is 2.87. The number of rotatable bonds is 6. The van der Waals surface area contributed by atoms with Gasteiger partial charge in [0, 0.05) is 23.7 Å². The molecule has 0 bridgehead atoms. The number of hydrogen-bond acceptors (Lipinski definition) is 4. The van der Waals surface area contributed by atoms with Gasteiger partial charge in [-0.1, -0.05) is 13.0 Å². The molecule has 90 valence electrons. The van der Waals surface area contributed by atoms with Crippen LogP contribution in [-0.2, 0) is 6.61 Å². The minimum atomic E-state index is 0.620. The van der Waals surface area contributed by atoms with Crippen molar-refractivity contribution in [2.75, 3.05) is 11.9 Å². The highest BCUT2D eigenvalue weighted by Gasteiger charge is 1.99. The van der Waals surface area contributed by atoms with Crippen LogP contribution in [-0.4, -0.2) is 11.5 Å². The van der Waals surface area contributed by atoms with Gasteiger partial charge in [-0.15, -0.1) is 11.3 Å². The van der Waals surface area contributed by atoms with Gasteiger partial charge >= 0.3 is 0 Å². The van der Waals surface area contributed by atoms with E-state index < -0.39 is 0 Å². The number of hydrogen-bond donors (Lipinski definition) is 1. The van der Waals surface area contributed by atoms with E-state index in [0.29, 0.717) is 6.61 Å². The third kappa shape index (κ3) is 3.75. The third-order valence-electron chi connectivity index (χ3n) is 2.25. The molecule has 0 fully saturated rings. The second-order valence-corrected chi connectivity index (χ2v) is 4.70. The van der Waals surface area contributed by atoms with Gasteiger partial charge in [0.2, 0.25) is 0 Å². The van der Waals surface area contributed by atoms with Crippen LogP contribution >= 0.6 is 11.3 Å². The minimum Gasteiger partial charge on any atom is -0.488 e. The average molecular weight is 248 g/mol. The Morgan fingerprint density at radius 2 is 2.35 bits per heavy atom. The molecular formula is C13H16N2OS. The molecule has 0 saturated heterocycles. The molecule has 2 heterocycles. The van der Waals surface area contributed by atoms with Gasteiger partial charge in [0.15, 0.2) is 0 Å². The van der Waals surface area contributed by atoms with Gasteiger partial charge in [0.25, 0.3) is 0 Å². The first-order valence-corrected chi connectivity index (χ1v) is 6.61. The first kappa shape index (κ1) is 11.9. The van der Waals surface area contributed by atoms with Gasteiger partial charge in [-0.25, -0.2) is 4.98 Å². The molecule has 0 aromatic carbocycles. The Labute approximate surface area is 105 Å². The Morgan fingerprint density at radius 1 is 1.41 bits per heavy atom. The van der Waals surface area contributed by atoms with E-state index in [1.54, 1.807) is 17.5 Å². The molecule has 0 aliphatic heterocycles. The normalized spacial score (nSPS) is 10.2. The second-order valence-electron chi connectivity index (χ2n) is 3.67. The Balaban J connectivity index is 1.91. The van der Waals surface area contributed by atoms with Crippen LogP contribution in [0.2, 0.25) is 0 Å². The van der Waals surface area contributed by atoms with E-state index in [4.69, 9.17) is 4.74 Å². The number of ether oxygens (including phenoxy) is 1. The predicted octanol–water partition coefficient (Wildman–Crippen LogP) is 3.54. The summed E-state index contributed by atoms with van der Waals surface area (Å²) in [6, 6.07) is 7.92. The number of nitrogens with one attached hydrogen (secondary N) is 1. The van der Waals surface area contributed by atoms with Crippen molar-refractivity contribution in [2.24, 2.45) is 0 Å². The largest absolute Gasteiger partial charge is 0.488 e. The van der Waals surface area contributed by atoms with Crippen molar-refractivity contribution in [3.8, 4) is 5.75 Å². The van der Waals surface area contributed by atoms with E-state index in [1.165, 1.54) is 4.88 Å². The van der Waals surface area contributed by atoms with Gasteiger partial charge in [0.05, 0.1) is 0 Å². The van der Waals surface area contributed by atoms with E-state index in [9.17, 15) is 0 Å². The van der Waals surface area contributed by atoms with Crippen molar-refractivity contribution in [2.45, 2.75) is 20.0 Å². The third-order valence-corrected chi connectivity index (χ3v) is 3.10. The fourth-order valence-electron chi connectivity index (χ4n) is 1.40. The molecule has 2 rings (SSSR count). The molecule has 3 nitrogen and oxygen atoms in total. The zero-order valence-electron chi connectivity index (χ0n) is 9.85. The van der Waals surface area contributed by atoms with Crippen LogP contribution in [0.5, 0.6) is 5.75 Å². The summed E-state index contributed by atoms with van der Waals surface area (Å²) in [5, 5.41) is 5.29. The summed E-state index contributed by atoms with van der Waals surface area (Å²) >= 11 is 1.70. The summed E-state index contributed by atoms with van der Waals surface area (Å²) in [6.45, 7) is 3.68. The summed E-state index contributed by atoms with van der Waals surface area (Å²) in [4.78, 5) is 5.46. The van der Waals surface area contributed by atoms with Gasteiger partial charge in [-0.2, -0.15) is 0 Å². The topological polar surface area (TPSA) is 34.1 Å².